The van der Waals surface area contributed by atoms with Crippen LogP contribution in [0.15, 0.2) is 29.2 Å². The summed E-state index contributed by atoms with van der Waals surface area (Å²) in [6.07, 6.45) is -3.42. The molecular weight excluding hydrogens is 537 g/mol. The Morgan fingerprint density at radius 1 is 1.21 bits per heavy atom. The van der Waals surface area contributed by atoms with Crippen molar-refractivity contribution < 1.29 is 26.4 Å². The van der Waals surface area contributed by atoms with E-state index in [-0.39, 0.29) is 47.3 Å². The van der Waals surface area contributed by atoms with E-state index in [1.165, 1.54) is 28.4 Å². The van der Waals surface area contributed by atoms with Gasteiger partial charge < -0.3 is 5.32 Å². The normalized spacial score (nSPS) is 23.1. The molecule has 4 rings (SSSR count). The highest BCUT2D eigenvalue weighted by molar-refractivity contribution is 7.91. The van der Waals surface area contributed by atoms with Crippen molar-refractivity contribution >= 4 is 32.2 Å². The summed E-state index contributed by atoms with van der Waals surface area (Å²) in [4.78, 5) is 22.5. The Morgan fingerprint density at radius 3 is 2.47 bits per heavy atom. The van der Waals surface area contributed by atoms with Gasteiger partial charge >= 0.3 is 6.18 Å². The van der Waals surface area contributed by atoms with Gasteiger partial charge in [-0.05, 0) is 49.4 Å². The highest BCUT2D eigenvalue weighted by Gasteiger charge is 2.45. The molecule has 3 atom stereocenters. The second kappa shape index (κ2) is 11.2. The minimum atomic E-state index is -4.19. The highest BCUT2D eigenvalue weighted by atomic mass is 32.2. The predicted molar refractivity (Wildman–Crippen MR) is 142 cm³/mol. The third kappa shape index (κ3) is 6.40. The second-order valence-corrected chi connectivity index (χ2v) is 14.0. The summed E-state index contributed by atoms with van der Waals surface area (Å²) in [5.74, 6) is 0.203. The Bertz CT molecular complexity index is 1250. The molecule has 12 heteroatoms. The van der Waals surface area contributed by atoms with E-state index < -0.39 is 22.1 Å². The molecule has 0 unspecified atom stereocenters. The van der Waals surface area contributed by atoms with Crippen molar-refractivity contribution in [3.8, 4) is 0 Å². The number of carbonyl (C=O) groups excluding carboxylic acids is 1. The number of halogens is 3. The molecule has 2 aliphatic rings. The van der Waals surface area contributed by atoms with Crippen molar-refractivity contribution in [2.45, 2.75) is 69.7 Å². The lowest BCUT2D eigenvalue weighted by Gasteiger charge is -2.40. The summed E-state index contributed by atoms with van der Waals surface area (Å²) < 4.78 is 63.7. The molecule has 0 saturated carbocycles. The lowest BCUT2D eigenvalue weighted by atomic mass is 9.91. The quantitative estimate of drug-likeness (QED) is 0.485. The number of alkyl halides is 3. The number of hydrogen-bond acceptors (Lipinski definition) is 7. The number of aromatic nitrogens is 1. The van der Waals surface area contributed by atoms with Crippen LogP contribution in [0.1, 0.15) is 55.8 Å². The van der Waals surface area contributed by atoms with Gasteiger partial charge in [0.25, 0.3) is 0 Å². The lowest BCUT2D eigenvalue weighted by Crippen LogP contribution is -2.50. The van der Waals surface area contributed by atoms with E-state index in [1.54, 1.807) is 26.1 Å². The smallest absolute Gasteiger partial charge is 0.302 e. The van der Waals surface area contributed by atoms with Crippen LogP contribution in [-0.4, -0.2) is 67.2 Å². The molecule has 7 nitrogen and oxygen atoms in total. The van der Waals surface area contributed by atoms with E-state index in [1.807, 2.05) is 0 Å². The molecule has 0 bridgehead atoms. The maximum atomic E-state index is 13.2. The molecule has 1 amide bonds. The Hall–Kier alpha value is -2.02. The zero-order valence-corrected chi connectivity index (χ0v) is 23.7. The SMILES string of the molecule is CCS(=O)(=O)c1ccc(CC(=O)Nc2nc3c(s2)CN(C[C@H]2CC[C@H](C(F)(F)F)N(C)C2)[C@H]3C(C)C)cc1. The van der Waals surface area contributed by atoms with Crippen LogP contribution < -0.4 is 5.32 Å². The van der Waals surface area contributed by atoms with Gasteiger partial charge in [0.1, 0.15) is 6.04 Å². The number of thiazole rings is 1. The molecular formula is C26H35F3N4O3S2. The zero-order valence-electron chi connectivity index (χ0n) is 22.1. The molecule has 210 valence electrons. The molecule has 3 heterocycles. The number of fused-ring (bicyclic) bond motifs is 1. The first-order valence-corrected chi connectivity index (χ1v) is 15.4. The van der Waals surface area contributed by atoms with Crippen LogP contribution in [-0.2, 0) is 27.6 Å². The van der Waals surface area contributed by atoms with E-state index in [9.17, 15) is 26.4 Å². The number of benzene rings is 1. The number of piperidine rings is 1. The fraction of sp³-hybridized carbons (Fsp3) is 0.615. The summed E-state index contributed by atoms with van der Waals surface area (Å²) in [5.41, 5.74) is 1.64. The highest BCUT2D eigenvalue weighted by Crippen LogP contribution is 2.43. The molecule has 1 saturated heterocycles. The summed E-state index contributed by atoms with van der Waals surface area (Å²) in [5, 5.41) is 3.40. The van der Waals surface area contributed by atoms with Gasteiger partial charge in [-0.3, -0.25) is 14.6 Å². The minimum Gasteiger partial charge on any atom is -0.302 e. The van der Waals surface area contributed by atoms with Crippen LogP contribution in [0.3, 0.4) is 0 Å². The first kappa shape index (κ1) is 29.0. The number of likely N-dealkylation sites (tertiary alicyclic amines) is 1. The van der Waals surface area contributed by atoms with Gasteiger partial charge in [-0.1, -0.05) is 32.9 Å². The van der Waals surface area contributed by atoms with E-state index in [4.69, 9.17) is 4.98 Å². The number of hydrogen-bond donors (Lipinski definition) is 1. The largest absolute Gasteiger partial charge is 0.404 e. The molecule has 2 aliphatic heterocycles. The van der Waals surface area contributed by atoms with Gasteiger partial charge in [0.05, 0.1) is 28.8 Å². The molecule has 38 heavy (non-hydrogen) atoms. The number of sulfone groups is 1. The maximum absolute atomic E-state index is 13.2. The standard InChI is InChI=1S/C26H35F3N4O3S2/c1-5-38(35,36)19-9-6-17(7-10-19)12-22(34)30-25-31-23-20(37-25)15-33(24(23)16(2)3)14-18-8-11-21(26(27,28)29)32(4)13-18/h6-7,9-10,16,18,21,24H,5,8,11-15H2,1-4H3,(H,30,31,34)/t18-,21+,24-/m0/s1. The molecule has 1 aromatic heterocycles. The Morgan fingerprint density at radius 2 is 1.89 bits per heavy atom. The molecule has 1 N–H and O–H groups in total. The summed E-state index contributed by atoms with van der Waals surface area (Å²) >= 11 is 1.44. The second-order valence-electron chi connectivity index (χ2n) is 10.7. The zero-order chi connectivity index (χ0) is 27.8. The van der Waals surface area contributed by atoms with Crippen LogP contribution in [0.2, 0.25) is 0 Å². The predicted octanol–water partition coefficient (Wildman–Crippen LogP) is 4.90. The van der Waals surface area contributed by atoms with Crippen LogP contribution >= 0.6 is 11.3 Å². The fourth-order valence-electron chi connectivity index (χ4n) is 5.60. The maximum Gasteiger partial charge on any atom is 0.404 e. The molecule has 1 aromatic carbocycles. The van der Waals surface area contributed by atoms with E-state index in [0.29, 0.717) is 36.8 Å². The summed E-state index contributed by atoms with van der Waals surface area (Å²) in [6, 6.07) is 5.02. The minimum absolute atomic E-state index is 0.0204. The van der Waals surface area contributed by atoms with Crippen LogP contribution in [0.25, 0.3) is 0 Å². The monoisotopic (exact) mass is 572 g/mol. The van der Waals surface area contributed by atoms with Crippen molar-refractivity contribution in [3.05, 3.63) is 40.4 Å². The van der Waals surface area contributed by atoms with Crippen molar-refractivity contribution in [1.82, 2.24) is 14.8 Å². The average molecular weight is 573 g/mol. The summed E-state index contributed by atoms with van der Waals surface area (Å²) in [7, 11) is -1.73. The van der Waals surface area contributed by atoms with E-state index >= 15 is 0 Å². The Kier molecular flexibility index (Phi) is 8.56. The molecule has 1 fully saturated rings. The first-order valence-electron chi connectivity index (χ1n) is 12.9. The van der Waals surface area contributed by atoms with Gasteiger partial charge in [-0.15, -0.1) is 11.3 Å². The number of rotatable bonds is 8. The topological polar surface area (TPSA) is 82.6 Å². The van der Waals surface area contributed by atoms with Crippen molar-refractivity contribution in [3.63, 3.8) is 0 Å². The molecule has 0 spiro atoms. The van der Waals surface area contributed by atoms with Crippen LogP contribution in [0.4, 0.5) is 18.3 Å². The van der Waals surface area contributed by atoms with Gasteiger partial charge in [-0.25, -0.2) is 13.4 Å². The number of carbonyl (C=O) groups is 1. The lowest BCUT2D eigenvalue weighted by molar-refractivity contribution is -0.191. The third-order valence-corrected chi connectivity index (χ3v) is 10.2. The van der Waals surface area contributed by atoms with Crippen LogP contribution in [0.5, 0.6) is 0 Å². The molecule has 2 aromatic rings. The van der Waals surface area contributed by atoms with Crippen molar-refractivity contribution in [2.75, 3.05) is 31.2 Å². The molecule has 0 radical (unpaired) electrons. The van der Waals surface area contributed by atoms with Crippen molar-refractivity contribution in [1.29, 1.82) is 0 Å². The van der Waals surface area contributed by atoms with Gasteiger partial charge in [0, 0.05) is 24.5 Å². The number of nitrogens with one attached hydrogen (secondary N) is 1. The number of amides is 1. The Labute approximate surface area is 226 Å². The third-order valence-electron chi connectivity index (χ3n) is 7.45. The average Bonchev–Trinajstić information content (AvgIpc) is 3.34. The van der Waals surface area contributed by atoms with E-state index in [0.717, 1.165) is 10.6 Å². The summed E-state index contributed by atoms with van der Waals surface area (Å²) in [6.45, 7) is 7.61. The van der Waals surface area contributed by atoms with Crippen molar-refractivity contribution in [2.24, 2.45) is 11.8 Å². The number of anilines is 1. The number of nitrogens with zero attached hydrogens (tertiary/aromatic N) is 3. The molecule has 0 aliphatic carbocycles. The Balaban J connectivity index is 1.37. The van der Waals surface area contributed by atoms with Gasteiger partial charge in [-0.2, -0.15) is 13.2 Å². The van der Waals surface area contributed by atoms with Crippen LogP contribution in [0, 0.1) is 11.8 Å². The first-order chi connectivity index (χ1) is 17.8. The fourth-order valence-corrected chi connectivity index (χ4v) is 7.52. The van der Waals surface area contributed by atoms with Gasteiger partial charge in [0.2, 0.25) is 5.91 Å². The van der Waals surface area contributed by atoms with Gasteiger partial charge in [0.15, 0.2) is 15.0 Å². The van der Waals surface area contributed by atoms with E-state index in [2.05, 4.69) is 24.1 Å².